The number of amides is 2. The van der Waals surface area contributed by atoms with Crippen molar-refractivity contribution in [3.63, 3.8) is 0 Å². The molecule has 2 heterocycles. The zero-order valence-electron chi connectivity index (χ0n) is 18.4. The number of thiazole rings is 1. The third-order valence-corrected chi connectivity index (χ3v) is 7.05. The first-order valence-electron chi connectivity index (χ1n) is 11.2. The number of likely N-dealkylation sites (tertiary alicyclic amines) is 1. The molecular weight excluding hydrogens is 422 g/mol. The molecule has 168 valence electrons. The van der Waals surface area contributed by atoms with Gasteiger partial charge in [-0.25, -0.2) is 4.98 Å². The molecule has 2 amide bonds. The first-order valence-corrected chi connectivity index (χ1v) is 12.0. The lowest BCUT2D eigenvalue weighted by Gasteiger charge is -2.31. The van der Waals surface area contributed by atoms with E-state index in [4.69, 9.17) is 4.74 Å². The van der Waals surface area contributed by atoms with E-state index >= 15 is 0 Å². The molecule has 32 heavy (non-hydrogen) atoms. The molecule has 0 spiro atoms. The molecule has 6 nitrogen and oxygen atoms in total. The monoisotopic (exact) mass is 451 g/mol. The van der Waals surface area contributed by atoms with Crippen molar-refractivity contribution in [1.82, 2.24) is 9.88 Å². The van der Waals surface area contributed by atoms with Crippen LogP contribution in [-0.4, -0.2) is 41.9 Å². The van der Waals surface area contributed by atoms with Gasteiger partial charge >= 0.3 is 0 Å². The molecule has 1 aromatic heterocycles. The number of methoxy groups -OCH3 is 1. The number of carbonyl (C=O) groups excluding carboxylic acids is 2. The highest BCUT2D eigenvalue weighted by Crippen LogP contribution is 2.26. The Morgan fingerprint density at radius 1 is 1.09 bits per heavy atom. The van der Waals surface area contributed by atoms with Gasteiger partial charge in [-0.2, -0.15) is 0 Å². The lowest BCUT2D eigenvalue weighted by molar-refractivity contribution is -0.134. The third kappa shape index (κ3) is 5.46. The smallest absolute Gasteiger partial charge is 0.227 e. The number of hydrogen-bond acceptors (Lipinski definition) is 5. The van der Waals surface area contributed by atoms with E-state index in [1.165, 1.54) is 4.70 Å². The van der Waals surface area contributed by atoms with Gasteiger partial charge in [0.05, 0.1) is 28.0 Å². The highest BCUT2D eigenvalue weighted by molar-refractivity contribution is 7.18. The van der Waals surface area contributed by atoms with Gasteiger partial charge in [0.1, 0.15) is 5.75 Å². The molecule has 0 bridgehead atoms. The molecule has 1 N–H and O–H groups in total. The molecule has 0 radical (unpaired) electrons. The van der Waals surface area contributed by atoms with Gasteiger partial charge in [-0.15, -0.1) is 11.3 Å². The maximum absolute atomic E-state index is 12.6. The minimum absolute atomic E-state index is 0.00238. The summed E-state index contributed by atoms with van der Waals surface area (Å²) >= 11 is 1.74. The number of para-hydroxylation sites is 3. The fraction of sp³-hybridized carbons (Fsp3) is 0.400. The van der Waals surface area contributed by atoms with Crippen LogP contribution in [0.5, 0.6) is 5.75 Å². The number of aromatic nitrogens is 1. The molecule has 0 saturated carbocycles. The Balaban J connectivity index is 1.17. The number of ether oxygens (including phenoxy) is 1. The van der Waals surface area contributed by atoms with Gasteiger partial charge in [0.25, 0.3) is 0 Å². The van der Waals surface area contributed by atoms with Crippen molar-refractivity contribution in [1.29, 1.82) is 0 Å². The number of nitrogens with zero attached hydrogens (tertiary/aromatic N) is 2. The van der Waals surface area contributed by atoms with Crippen LogP contribution in [0.3, 0.4) is 0 Å². The summed E-state index contributed by atoms with van der Waals surface area (Å²) in [4.78, 5) is 31.8. The number of aryl methyl sites for hydroxylation is 1. The number of piperidine rings is 1. The van der Waals surface area contributed by atoms with Crippen molar-refractivity contribution >= 4 is 39.1 Å². The molecule has 4 rings (SSSR count). The number of benzene rings is 2. The molecule has 3 aromatic rings. The maximum atomic E-state index is 12.6. The predicted octanol–water partition coefficient (Wildman–Crippen LogP) is 4.90. The number of nitrogens with one attached hydrogen (secondary N) is 1. The van der Waals surface area contributed by atoms with Crippen LogP contribution in [-0.2, 0) is 16.0 Å². The van der Waals surface area contributed by atoms with Crippen LogP contribution in [0.25, 0.3) is 10.2 Å². The number of carbonyl (C=O) groups is 2. The lowest BCUT2D eigenvalue weighted by atomic mass is 9.95. The Labute approximate surface area is 192 Å². The normalized spacial score (nSPS) is 14.5. The summed E-state index contributed by atoms with van der Waals surface area (Å²) in [7, 11) is 1.59. The summed E-state index contributed by atoms with van der Waals surface area (Å²) in [6.07, 6.45) is 4.68. The van der Waals surface area contributed by atoms with E-state index in [-0.39, 0.29) is 17.7 Å². The van der Waals surface area contributed by atoms with Crippen molar-refractivity contribution in [2.75, 3.05) is 25.5 Å². The molecule has 1 aliphatic rings. The van der Waals surface area contributed by atoms with Gasteiger partial charge in [0.2, 0.25) is 11.8 Å². The number of anilines is 1. The predicted molar refractivity (Wildman–Crippen MR) is 128 cm³/mol. The molecule has 1 saturated heterocycles. The van der Waals surface area contributed by atoms with E-state index in [2.05, 4.69) is 16.4 Å². The fourth-order valence-electron chi connectivity index (χ4n) is 4.11. The van der Waals surface area contributed by atoms with Gasteiger partial charge < -0.3 is 15.0 Å². The number of rotatable bonds is 8. The summed E-state index contributed by atoms with van der Waals surface area (Å²) in [6, 6.07) is 15.6. The topological polar surface area (TPSA) is 71.5 Å². The molecule has 1 aliphatic heterocycles. The van der Waals surface area contributed by atoms with Crippen LogP contribution < -0.4 is 10.1 Å². The van der Waals surface area contributed by atoms with E-state index in [1.807, 2.05) is 47.4 Å². The lowest BCUT2D eigenvalue weighted by Crippen LogP contribution is -2.41. The molecule has 0 atom stereocenters. The zero-order valence-corrected chi connectivity index (χ0v) is 19.2. The summed E-state index contributed by atoms with van der Waals surface area (Å²) in [6.45, 7) is 1.28. The molecular formula is C25H29N3O3S. The van der Waals surface area contributed by atoms with Crippen LogP contribution in [0.2, 0.25) is 0 Å². The van der Waals surface area contributed by atoms with Gasteiger partial charge in [0.15, 0.2) is 0 Å². The number of hydrogen-bond donors (Lipinski definition) is 1. The SMILES string of the molecule is COc1ccccc1NC(=O)C1CCN(C(=O)CCCCc2nc3ccccc3s2)CC1. The second-order valence-electron chi connectivity index (χ2n) is 8.13. The van der Waals surface area contributed by atoms with E-state index in [1.54, 1.807) is 18.4 Å². The summed E-state index contributed by atoms with van der Waals surface area (Å²) in [5.74, 6) is 0.762. The van der Waals surface area contributed by atoms with E-state index < -0.39 is 0 Å². The molecule has 1 fully saturated rings. The largest absolute Gasteiger partial charge is 0.495 e. The first kappa shape index (κ1) is 22.3. The van der Waals surface area contributed by atoms with Crippen LogP contribution in [0.4, 0.5) is 5.69 Å². The average molecular weight is 452 g/mol. The first-order chi connectivity index (χ1) is 15.6. The van der Waals surface area contributed by atoms with Crippen LogP contribution in [0.1, 0.15) is 37.1 Å². The highest BCUT2D eigenvalue weighted by Gasteiger charge is 2.27. The highest BCUT2D eigenvalue weighted by atomic mass is 32.1. The van der Waals surface area contributed by atoms with Crippen molar-refractivity contribution < 1.29 is 14.3 Å². The summed E-state index contributed by atoms with van der Waals surface area (Å²) < 4.78 is 6.52. The van der Waals surface area contributed by atoms with Crippen LogP contribution in [0.15, 0.2) is 48.5 Å². The van der Waals surface area contributed by atoms with E-state index in [9.17, 15) is 9.59 Å². The van der Waals surface area contributed by atoms with Crippen LogP contribution >= 0.6 is 11.3 Å². The van der Waals surface area contributed by atoms with E-state index in [0.717, 1.165) is 29.8 Å². The van der Waals surface area contributed by atoms with Gasteiger partial charge in [-0.3, -0.25) is 9.59 Å². The third-order valence-electron chi connectivity index (χ3n) is 5.95. The minimum atomic E-state index is -0.0806. The summed E-state index contributed by atoms with van der Waals surface area (Å²) in [5.41, 5.74) is 1.74. The number of fused-ring (bicyclic) bond motifs is 1. The summed E-state index contributed by atoms with van der Waals surface area (Å²) in [5, 5.41) is 4.11. The Morgan fingerprint density at radius 2 is 1.84 bits per heavy atom. The molecule has 0 unspecified atom stereocenters. The molecule has 0 aliphatic carbocycles. The molecule has 2 aromatic carbocycles. The standard InChI is InChI=1S/C25H29N3O3S/c1-31-21-10-4-2-8-19(21)27-25(30)18-14-16-28(17-15-18)24(29)13-7-6-12-23-26-20-9-3-5-11-22(20)32-23/h2-5,8-11,18H,6-7,12-17H2,1H3,(H,27,30). The number of unbranched alkanes of at least 4 members (excludes halogenated alkanes) is 1. The van der Waals surface area contributed by atoms with Crippen LogP contribution in [0, 0.1) is 5.92 Å². The zero-order chi connectivity index (χ0) is 22.3. The van der Waals surface area contributed by atoms with Gasteiger partial charge in [0, 0.05) is 25.4 Å². The molecule has 7 heteroatoms. The Kier molecular flexibility index (Phi) is 7.37. The maximum Gasteiger partial charge on any atom is 0.227 e. The second kappa shape index (κ2) is 10.6. The van der Waals surface area contributed by atoms with Gasteiger partial charge in [-0.1, -0.05) is 24.3 Å². The van der Waals surface area contributed by atoms with Gasteiger partial charge in [-0.05, 0) is 56.4 Å². The van der Waals surface area contributed by atoms with Crippen molar-refractivity contribution in [3.8, 4) is 5.75 Å². The Bertz CT molecular complexity index is 1040. The van der Waals surface area contributed by atoms with Crippen molar-refractivity contribution in [3.05, 3.63) is 53.5 Å². The Morgan fingerprint density at radius 3 is 2.62 bits per heavy atom. The van der Waals surface area contributed by atoms with Crippen molar-refractivity contribution in [2.45, 2.75) is 38.5 Å². The van der Waals surface area contributed by atoms with Crippen molar-refractivity contribution in [2.24, 2.45) is 5.92 Å². The minimum Gasteiger partial charge on any atom is -0.495 e. The average Bonchev–Trinajstić information content (AvgIpc) is 3.25. The fourth-order valence-corrected chi connectivity index (χ4v) is 5.12. The Hall–Kier alpha value is -2.93. The second-order valence-corrected chi connectivity index (χ2v) is 9.24. The van der Waals surface area contributed by atoms with E-state index in [0.29, 0.717) is 43.8 Å². The quantitative estimate of drug-likeness (QED) is 0.495.